The highest BCUT2D eigenvalue weighted by Crippen LogP contribution is 2.26. The van der Waals surface area contributed by atoms with Gasteiger partial charge in [-0.2, -0.15) is 0 Å². The van der Waals surface area contributed by atoms with Crippen molar-refractivity contribution in [1.82, 2.24) is 14.9 Å². The zero-order chi connectivity index (χ0) is 13.8. The van der Waals surface area contributed by atoms with Crippen molar-refractivity contribution in [2.24, 2.45) is 11.7 Å². The minimum absolute atomic E-state index is 0.0240. The SMILES string of the molecule is CC(C)NC(=O)Cn1cncc1C(N)C1CCOC1. The fourth-order valence-corrected chi connectivity index (χ4v) is 2.34. The molecule has 0 aromatic carbocycles. The lowest BCUT2D eigenvalue weighted by atomic mass is 9.97. The van der Waals surface area contributed by atoms with E-state index >= 15 is 0 Å². The van der Waals surface area contributed by atoms with E-state index in [0.717, 1.165) is 18.7 Å². The normalized spacial score (nSPS) is 20.7. The third-order valence-electron chi connectivity index (χ3n) is 3.32. The van der Waals surface area contributed by atoms with Crippen LogP contribution in [0.5, 0.6) is 0 Å². The average molecular weight is 266 g/mol. The maximum Gasteiger partial charge on any atom is 0.240 e. The van der Waals surface area contributed by atoms with Gasteiger partial charge < -0.3 is 20.4 Å². The number of rotatable bonds is 5. The van der Waals surface area contributed by atoms with Gasteiger partial charge in [-0.05, 0) is 20.3 Å². The van der Waals surface area contributed by atoms with Crippen LogP contribution in [0.3, 0.4) is 0 Å². The molecule has 0 aliphatic carbocycles. The van der Waals surface area contributed by atoms with Crippen LogP contribution in [0.15, 0.2) is 12.5 Å². The summed E-state index contributed by atoms with van der Waals surface area (Å²) in [6.45, 7) is 5.59. The third kappa shape index (κ3) is 3.54. The molecular formula is C13H22N4O2. The summed E-state index contributed by atoms with van der Waals surface area (Å²) in [6, 6.07) is 0.00762. The molecule has 0 bridgehead atoms. The van der Waals surface area contributed by atoms with Crippen molar-refractivity contribution in [3.05, 3.63) is 18.2 Å². The summed E-state index contributed by atoms with van der Waals surface area (Å²) in [7, 11) is 0. The lowest BCUT2D eigenvalue weighted by Gasteiger charge is -2.19. The van der Waals surface area contributed by atoms with Gasteiger partial charge in [-0.25, -0.2) is 4.98 Å². The Hall–Kier alpha value is -1.40. The van der Waals surface area contributed by atoms with Crippen LogP contribution in [-0.4, -0.2) is 34.7 Å². The fourth-order valence-electron chi connectivity index (χ4n) is 2.34. The molecule has 2 atom stereocenters. The highest BCUT2D eigenvalue weighted by Gasteiger charge is 2.26. The monoisotopic (exact) mass is 266 g/mol. The number of nitrogens with one attached hydrogen (secondary N) is 1. The molecule has 1 aromatic heterocycles. The van der Waals surface area contributed by atoms with Crippen LogP contribution >= 0.6 is 0 Å². The highest BCUT2D eigenvalue weighted by atomic mass is 16.5. The molecule has 1 saturated heterocycles. The number of carbonyl (C=O) groups excluding carboxylic acids is 1. The molecule has 0 saturated carbocycles. The number of amides is 1. The van der Waals surface area contributed by atoms with Gasteiger partial charge in [-0.1, -0.05) is 0 Å². The van der Waals surface area contributed by atoms with Gasteiger partial charge in [0.2, 0.25) is 5.91 Å². The van der Waals surface area contributed by atoms with E-state index in [-0.39, 0.29) is 24.5 Å². The number of nitrogens with zero attached hydrogens (tertiary/aromatic N) is 2. The van der Waals surface area contributed by atoms with Crippen molar-refractivity contribution in [3.63, 3.8) is 0 Å². The van der Waals surface area contributed by atoms with Crippen LogP contribution in [0.4, 0.5) is 0 Å². The Morgan fingerprint density at radius 1 is 1.68 bits per heavy atom. The highest BCUT2D eigenvalue weighted by molar-refractivity contribution is 5.76. The summed E-state index contributed by atoms with van der Waals surface area (Å²) in [6.07, 6.45) is 4.36. The van der Waals surface area contributed by atoms with Crippen LogP contribution in [0.25, 0.3) is 0 Å². The average Bonchev–Trinajstić information content (AvgIpc) is 2.96. The topological polar surface area (TPSA) is 82.2 Å². The van der Waals surface area contributed by atoms with E-state index in [1.807, 2.05) is 18.4 Å². The van der Waals surface area contributed by atoms with E-state index in [1.54, 1.807) is 12.5 Å². The Morgan fingerprint density at radius 2 is 2.47 bits per heavy atom. The minimum Gasteiger partial charge on any atom is -0.381 e. The predicted octanol–water partition coefficient (Wildman–Crippen LogP) is 0.444. The first-order valence-electron chi connectivity index (χ1n) is 6.70. The zero-order valence-corrected chi connectivity index (χ0v) is 11.5. The Balaban J connectivity index is 2.02. The van der Waals surface area contributed by atoms with Crippen LogP contribution < -0.4 is 11.1 Å². The number of aromatic nitrogens is 2. The number of hydrogen-bond acceptors (Lipinski definition) is 4. The number of carbonyl (C=O) groups is 1. The Morgan fingerprint density at radius 3 is 3.11 bits per heavy atom. The second-order valence-electron chi connectivity index (χ2n) is 5.32. The Bertz CT molecular complexity index is 424. The summed E-state index contributed by atoms with van der Waals surface area (Å²) in [5, 5.41) is 2.86. The molecule has 2 rings (SSSR count). The van der Waals surface area contributed by atoms with Gasteiger partial charge in [0, 0.05) is 24.8 Å². The lowest BCUT2D eigenvalue weighted by molar-refractivity contribution is -0.122. The van der Waals surface area contributed by atoms with Crippen LogP contribution in [0.2, 0.25) is 0 Å². The van der Waals surface area contributed by atoms with Gasteiger partial charge >= 0.3 is 0 Å². The molecule has 0 radical (unpaired) electrons. The molecule has 106 valence electrons. The summed E-state index contributed by atoms with van der Waals surface area (Å²) in [5.74, 6) is 0.285. The largest absolute Gasteiger partial charge is 0.381 e. The maximum absolute atomic E-state index is 11.8. The molecule has 6 nitrogen and oxygen atoms in total. The Kier molecular flexibility index (Phi) is 4.55. The standard InChI is InChI=1S/C13H22N4O2/c1-9(2)16-12(18)6-17-8-15-5-11(17)13(14)10-3-4-19-7-10/h5,8-10,13H,3-4,6-7,14H2,1-2H3,(H,16,18). The van der Waals surface area contributed by atoms with Crippen molar-refractivity contribution in [2.45, 2.75) is 38.9 Å². The fraction of sp³-hybridized carbons (Fsp3) is 0.692. The zero-order valence-electron chi connectivity index (χ0n) is 11.5. The van der Waals surface area contributed by atoms with E-state index in [4.69, 9.17) is 10.5 Å². The van der Waals surface area contributed by atoms with Crippen molar-refractivity contribution in [1.29, 1.82) is 0 Å². The smallest absolute Gasteiger partial charge is 0.240 e. The molecular weight excluding hydrogens is 244 g/mol. The molecule has 6 heteroatoms. The third-order valence-corrected chi connectivity index (χ3v) is 3.32. The summed E-state index contributed by atoms with van der Waals surface area (Å²) in [4.78, 5) is 15.9. The molecule has 0 spiro atoms. The lowest BCUT2D eigenvalue weighted by Crippen LogP contribution is -2.34. The molecule has 1 aliphatic heterocycles. The van der Waals surface area contributed by atoms with Gasteiger partial charge in [0.05, 0.1) is 24.7 Å². The number of nitrogens with two attached hydrogens (primary N) is 1. The first-order chi connectivity index (χ1) is 9.08. The quantitative estimate of drug-likeness (QED) is 0.810. The molecule has 1 amide bonds. The van der Waals surface area contributed by atoms with Gasteiger partial charge in [0.1, 0.15) is 6.54 Å². The molecule has 1 aromatic rings. The number of imidazole rings is 1. The molecule has 3 N–H and O–H groups in total. The van der Waals surface area contributed by atoms with Crippen LogP contribution in [0, 0.1) is 5.92 Å². The minimum atomic E-state index is -0.128. The molecule has 19 heavy (non-hydrogen) atoms. The van der Waals surface area contributed by atoms with Gasteiger partial charge in [-0.3, -0.25) is 4.79 Å². The summed E-state index contributed by atoms with van der Waals surface area (Å²) < 4.78 is 7.18. The first kappa shape index (κ1) is 14.0. The van der Waals surface area contributed by atoms with E-state index < -0.39 is 0 Å². The maximum atomic E-state index is 11.8. The van der Waals surface area contributed by atoms with Crippen LogP contribution in [0.1, 0.15) is 32.0 Å². The van der Waals surface area contributed by atoms with Crippen molar-refractivity contribution in [2.75, 3.05) is 13.2 Å². The summed E-state index contributed by atoms with van der Waals surface area (Å²) in [5.41, 5.74) is 7.15. The van der Waals surface area contributed by atoms with Crippen molar-refractivity contribution in [3.8, 4) is 0 Å². The predicted molar refractivity (Wildman–Crippen MR) is 71.4 cm³/mol. The van der Waals surface area contributed by atoms with Gasteiger partial charge in [0.25, 0.3) is 0 Å². The van der Waals surface area contributed by atoms with Gasteiger partial charge in [0.15, 0.2) is 0 Å². The van der Waals surface area contributed by atoms with E-state index in [0.29, 0.717) is 12.5 Å². The van der Waals surface area contributed by atoms with Gasteiger partial charge in [-0.15, -0.1) is 0 Å². The van der Waals surface area contributed by atoms with E-state index in [1.165, 1.54) is 0 Å². The van der Waals surface area contributed by atoms with Crippen molar-refractivity contribution >= 4 is 5.91 Å². The van der Waals surface area contributed by atoms with E-state index in [9.17, 15) is 4.79 Å². The van der Waals surface area contributed by atoms with Crippen LogP contribution in [-0.2, 0) is 16.1 Å². The second-order valence-corrected chi connectivity index (χ2v) is 5.32. The van der Waals surface area contributed by atoms with E-state index in [2.05, 4.69) is 10.3 Å². The molecule has 2 unspecified atom stereocenters. The number of ether oxygens (including phenoxy) is 1. The Labute approximate surface area is 113 Å². The molecule has 1 aliphatic rings. The summed E-state index contributed by atoms with van der Waals surface area (Å²) >= 11 is 0. The molecule has 1 fully saturated rings. The molecule has 2 heterocycles. The second kappa shape index (κ2) is 6.16. The first-order valence-corrected chi connectivity index (χ1v) is 6.70. The number of hydrogen-bond donors (Lipinski definition) is 2. The van der Waals surface area contributed by atoms with Crippen molar-refractivity contribution < 1.29 is 9.53 Å².